The van der Waals surface area contributed by atoms with Crippen LogP contribution in [0.3, 0.4) is 0 Å². The summed E-state index contributed by atoms with van der Waals surface area (Å²) in [6.45, 7) is 0.540. The predicted octanol–water partition coefficient (Wildman–Crippen LogP) is 2.05. The van der Waals surface area contributed by atoms with Gasteiger partial charge in [0.15, 0.2) is 11.6 Å². The minimum absolute atomic E-state index is 0.282. The van der Waals surface area contributed by atoms with Crippen LogP contribution in [0.2, 0.25) is 0 Å². The van der Waals surface area contributed by atoms with Crippen molar-refractivity contribution >= 4 is 0 Å². The van der Waals surface area contributed by atoms with Crippen LogP contribution in [0.25, 0.3) is 0 Å². The third-order valence-electron chi connectivity index (χ3n) is 2.19. The average molecular weight is 213 g/mol. The molecule has 0 aliphatic carbocycles. The summed E-state index contributed by atoms with van der Waals surface area (Å²) in [7, 11) is 1.46. The van der Waals surface area contributed by atoms with Gasteiger partial charge in [0.05, 0.1) is 13.7 Å². The second kappa shape index (κ2) is 6.37. The van der Waals surface area contributed by atoms with E-state index in [1.165, 1.54) is 13.2 Å². The van der Waals surface area contributed by atoms with E-state index in [2.05, 4.69) is 4.84 Å². The van der Waals surface area contributed by atoms with Crippen molar-refractivity contribution in [1.82, 2.24) is 0 Å². The molecule has 4 heteroatoms. The molecule has 0 bridgehead atoms. The molecule has 0 aliphatic heterocycles. The van der Waals surface area contributed by atoms with E-state index in [9.17, 15) is 4.39 Å². The second-order valence-corrected chi connectivity index (χ2v) is 3.30. The summed E-state index contributed by atoms with van der Waals surface area (Å²) in [6, 6.07) is 5.01. The van der Waals surface area contributed by atoms with Crippen molar-refractivity contribution in [2.24, 2.45) is 5.90 Å². The van der Waals surface area contributed by atoms with Gasteiger partial charge < -0.3 is 9.57 Å². The number of ether oxygens (including phenoxy) is 1. The first-order valence-electron chi connectivity index (χ1n) is 4.92. The average Bonchev–Trinajstić information content (AvgIpc) is 2.25. The fraction of sp³-hybridized carbons (Fsp3) is 0.455. The number of methoxy groups -OCH3 is 1. The number of hydrogen-bond acceptors (Lipinski definition) is 3. The third-order valence-corrected chi connectivity index (χ3v) is 2.19. The highest BCUT2D eigenvalue weighted by Gasteiger charge is 2.02. The molecule has 0 unspecified atom stereocenters. The van der Waals surface area contributed by atoms with E-state index in [0.29, 0.717) is 6.61 Å². The quantitative estimate of drug-likeness (QED) is 0.581. The Kier molecular flexibility index (Phi) is 5.07. The van der Waals surface area contributed by atoms with Crippen molar-refractivity contribution in [3.8, 4) is 5.75 Å². The Morgan fingerprint density at radius 2 is 2.13 bits per heavy atom. The van der Waals surface area contributed by atoms with Crippen molar-refractivity contribution in [3.05, 3.63) is 29.6 Å². The van der Waals surface area contributed by atoms with Gasteiger partial charge in [-0.3, -0.25) is 0 Å². The van der Waals surface area contributed by atoms with Gasteiger partial charge in [-0.05, 0) is 37.0 Å². The van der Waals surface area contributed by atoms with Crippen LogP contribution < -0.4 is 10.6 Å². The molecule has 0 radical (unpaired) electrons. The smallest absolute Gasteiger partial charge is 0.165 e. The monoisotopic (exact) mass is 213 g/mol. The fourth-order valence-electron chi connectivity index (χ4n) is 1.38. The number of hydrogen-bond donors (Lipinski definition) is 1. The topological polar surface area (TPSA) is 44.5 Å². The van der Waals surface area contributed by atoms with E-state index < -0.39 is 0 Å². The summed E-state index contributed by atoms with van der Waals surface area (Å²) in [5.41, 5.74) is 0.963. The van der Waals surface area contributed by atoms with Crippen molar-refractivity contribution in [2.75, 3.05) is 13.7 Å². The standard InChI is InChI=1S/C11H16FNO2/c1-14-11-6-5-9(8-10(11)12)4-2-3-7-15-13/h5-6,8H,2-4,7,13H2,1H3. The lowest BCUT2D eigenvalue weighted by atomic mass is 10.1. The molecule has 1 aromatic rings. The molecule has 2 N–H and O–H groups in total. The Labute approximate surface area is 88.9 Å². The zero-order valence-electron chi connectivity index (χ0n) is 8.83. The van der Waals surface area contributed by atoms with E-state index in [-0.39, 0.29) is 11.6 Å². The lowest BCUT2D eigenvalue weighted by Gasteiger charge is -2.04. The van der Waals surface area contributed by atoms with E-state index in [1.54, 1.807) is 6.07 Å². The lowest BCUT2D eigenvalue weighted by molar-refractivity contribution is 0.134. The van der Waals surface area contributed by atoms with Crippen molar-refractivity contribution < 1.29 is 14.0 Å². The maximum absolute atomic E-state index is 13.3. The minimum Gasteiger partial charge on any atom is -0.494 e. The van der Waals surface area contributed by atoms with Gasteiger partial charge in [0.2, 0.25) is 0 Å². The van der Waals surface area contributed by atoms with Crippen LogP contribution in [0, 0.1) is 5.82 Å². The van der Waals surface area contributed by atoms with Crippen LogP contribution in [0.1, 0.15) is 18.4 Å². The molecule has 0 fully saturated rings. The highest BCUT2D eigenvalue weighted by molar-refractivity contribution is 5.29. The zero-order valence-corrected chi connectivity index (χ0v) is 8.83. The van der Waals surface area contributed by atoms with Crippen LogP contribution in [0.4, 0.5) is 4.39 Å². The van der Waals surface area contributed by atoms with E-state index >= 15 is 0 Å². The van der Waals surface area contributed by atoms with Crippen molar-refractivity contribution in [3.63, 3.8) is 0 Å². The Morgan fingerprint density at radius 3 is 2.73 bits per heavy atom. The molecule has 15 heavy (non-hydrogen) atoms. The maximum Gasteiger partial charge on any atom is 0.165 e. The molecule has 0 saturated carbocycles. The summed E-state index contributed by atoms with van der Waals surface area (Å²) in [6.07, 6.45) is 2.64. The molecule has 0 saturated heterocycles. The molecular formula is C11H16FNO2. The molecule has 0 heterocycles. The lowest BCUT2D eigenvalue weighted by Crippen LogP contribution is -2.01. The Balaban J connectivity index is 2.45. The van der Waals surface area contributed by atoms with Crippen molar-refractivity contribution in [2.45, 2.75) is 19.3 Å². The number of unbranched alkanes of at least 4 members (excludes halogenated alkanes) is 1. The Morgan fingerprint density at radius 1 is 1.33 bits per heavy atom. The van der Waals surface area contributed by atoms with Crippen LogP contribution in [-0.4, -0.2) is 13.7 Å². The predicted molar refractivity (Wildman–Crippen MR) is 56.0 cm³/mol. The molecule has 1 aromatic carbocycles. The fourth-order valence-corrected chi connectivity index (χ4v) is 1.38. The SMILES string of the molecule is COc1ccc(CCCCON)cc1F. The van der Waals surface area contributed by atoms with Gasteiger partial charge >= 0.3 is 0 Å². The minimum atomic E-state index is -0.315. The first kappa shape index (κ1) is 11.9. The summed E-state index contributed by atoms with van der Waals surface area (Å²) in [5.74, 6) is 4.86. The Bertz CT molecular complexity index is 305. The molecule has 1 rings (SSSR count). The molecular weight excluding hydrogens is 197 g/mol. The van der Waals surface area contributed by atoms with Gasteiger partial charge in [-0.2, -0.15) is 0 Å². The van der Waals surface area contributed by atoms with Gasteiger partial charge in [-0.25, -0.2) is 10.3 Å². The molecule has 3 nitrogen and oxygen atoms in total. The van der Waals surface area contributed by atoms with Crippen molar-refractivity contribution in [1.29, 1.82) is 0 Å². The summed E-state index contributed by atoms with van der Waals surface area (Å²) in [4.78, 5) is 4.45. The largest absolute Gasteiger partial charge is 0.494 e. The van der Waals surface area contributed by atoms with Crippen LogP contribution in [0.15, 0.2) is 18.2 Å². The normalized spacial score (nSPS) is 10.3. The first-order valence-corrected chi connectivity index (χ1v) is 4.92. The maximum atomic E-state index is 13.3. The zero-order chi connectivity index (χ0) is 11.1. The molecule has 0 aliphatic rings. The van der Waals surface area contributed by atoms with Gasteiger partial charge in [-0.1, -0.05) is 6.07 Å². The summed E-state index contributed by atoms with van der Waals surface area (Å²) < 4.78 is 18.1. The molecule has 84 valence electrons. The number of rotatable bonds is 6. The van der Waals surface area contributed by atoms with Crippen LogP contribution >= 0.6 is 0 Å². The number of halogens is 1. The Hall–Kier alpha value is -1.13. The van der Waals surface area contributed by atoms with Crippen LogP contribution in [0.5, 0.6) is 5.75 Å². The second-order valence-electron chi connectivity index (χ2n) is 3.30. The molecule has 0 aromatic heterocycles. The highest BCUT2D eigenvalue weighted by atomic mass is 19.1. The van der Waals surface area contributed by atoms with E-state index in [0.717, 1.165) is 24.8 Å². The number of nitrogens with two attached hydrogens (primary N) is 1. The van der Waals surface area contributed by atoms with E-state index in [4.69, 9.17) is 10.6 Å². The summed E-state index contributed by atoms with van der Waals surface area (Å²) in [5, 5.41) is 0. The number of aryl methyl sites for hydroxylation is 1. The third kappa shape index (κ3) is 3.85. The van der Waals surface area contributed by atoms with Gasteiger partial charge in [0.1, 0.15) is 0 Å². The summed E-state index contributed by atoms with van der Waals surface area (Å²) >= 11 is 0. The first-order chi connectivity index (χ1) is 7.27. The van der Waals surface area contributed by atoms with Gasteiger partial charge in [0.25, 0.3) is 0 Å². The van der Waals surface area contributed by atoms with Crippen LogP contribution in [-0.2, 0) is 11.3 Å². The molecule has 0 spiro atoms. The van der Waals surface area contributed by atoms with E-state index in [1.807, 2.05) is 6.07 Å². The molecule has 0 atom stereocenters. The highest BCUT2D eigenvalue weighted by Crippen LogP contribution is 2.18. The number of benzene rings is 1. The molecule has 0 amide bonds. The van der Waals surface area contributed by atoms with Gasteiger partial charge in [0, 0.05) is 0 Å². The van der Waals surface area contributed by atoms with Gasteiger partial charge in [-0.15, -0.1) is 0 Å².